The van der Waals surface area contributed by atoms with Crippen LogP contribution in [0.1, 0.15) is 45.0 Å². The van der Waals surface area contributed by atoms with Crippen LogP contribution in [0.25, 0.3) is 0 Å². The first-order valence-corrected chi connectivity index (χ1v) is 8.29. The predicted molar refractivity (Wildman–Crippen MR) is 91.7 cm³/mol. The second-order valence-corrected chi connectivity index (χ2v) is 5.93. The van der Waals surface area contributed by atoms with Gasteiger partial charge in [-0.1, -0.05) is 44.2 Å². The number of hydrogen-bond acceptors (Lipinski definition) is 3. The molecule has 0 atom stereocenters. The number of benzene rings is 1. The Hall–Kier alpha value is -1.42. The zero-order chi connectivity index (χ0) is 15.3. The first kappa shape index (κ1) is 16.0. The van der Waals surface area contributed by atoms with Gasteiger partial charge in [0.2, 0.25) is 0 Å². The summed E-state index contributed by atoms with van der Waals surface area (Å²) < 4.78 is 0.905. The standard InChI is InChI=1S/C17H22BrN3/c1-4-17(5-2,13-10-8-7-9-11-13)16-20-12-14(18)15(21-16)19-6-3/h7-12H,4-6H2,1-3H3,(H,19,20,21). The van der Waals surface area contributed by atoms with E-state index in [2.05, 4.69) is 71.3 Å². The van der Waals surface area contributed by atoms with Crippen LogP contribution in [0.5, 0.6) is 0 Å². The largest absolute Gasteiger partial charge is 0.369 e. The van der Waals surface area contributed by atoms with Crippen molar-refractivity contribution < 1.29 is 0 Å². The minimum Gasteiger partial charge on any atom is -0.369 e. The van der Waals surface area contributed by atoms with Gasteiger partial charge in [0.15, 0.2) is 0 Å². The summed E-state index contributed by atoms with van der Waals surface area (Å²) in [4.78, 5) is 9.40. The molecule has 0 aliphatic rings. The molecule has 1 heterocycles. The Labute approximate surface area is 135 Å². The molecule has 0 radical (unpaired) electrons. The summed E-state index contributed by atoms with van der Waals surface area (Å²) in [5, 5.41) is 3.29. The van der Waals surface area contributed by atoms with Crippen molar-refractivity contribution in [2.75, 3.05) is 11.9 Å². The molecule has 21 heavy (non-hydrogen) atoms. The average molecular weight is 348 g/mol. The molecule has 0 aliphatic heterocycles. The minimum atomic E-state index is -0.133. The van der Waals surface area contributed by atoms with Crippen LogP contribution in [0, 0.1) is 0 Å². The summed E-state index contributed by atoms with van der Waals surface area (Å²) in [7, 11) is 0. The lowest BCUT2D eigenvalue weighted by molar-refractivity contribution is 0.449. The number of anilines is 1. The molecule has 0 fully saturated rings. The van der Waals surface area contributed by atoms with Crippen LogP contribution in [-0.2, 0) is 5.41 Å². The Morgan fingerprint density at radius 2 is 1.76 bits per heavy atom. The monoisotopic (exact) mass is 347 g/mol. The second kappa shape index (κ2) is 7.03. The zero-order valence-corrected chi connectivity index (χ0v) is 14.4. The first-order valence-electron chi connectivity index (χ1n) is 7.50. The number of hydrogen-bond donors (Lipinski definition) is 1. The van der Waals surface area contributed by atoms with Crippen molar-refractivity contribution in [2.45, 2.75) is 39.0 Å². The fraction of sp³-hybridized carbons (Fsp3) is 0.412. The lowest BCUT2D eigenvalue weighted by atomic mass is 9.75. The SMILES string of the molecule is CCNc1nc(C(CC)(CC)c2ccccc2)ncc1Br. The second-order valence-electron chi connectivity index (χ2n) is 5.08. The highest BCUT2D eigenvalue weighted by Gasteiger charge is 2.34. The smallest absolute Gasteiger partial charge is 0.144 e. The van der Waals surface area contributed by atoms with Crippen molar-refractivity contribution in [3.05, 3.63) is 52.4 Å². The van der Waals surface area contributed by atoms with Crippen LogP contribution < -0.4 is 5.32 Å². The van der Waals surface area contributed by atoms with Crippen molar-refractivity contribution in [2.24, 2.45) is 0 Å². The highest BCUT2D eigenvalue weighted by molar-refractivity contribution is 9.10. The van der Waals surface area contributed by atoms with Gasteiger partial charge < -0.3 is 5.32 Å². The Balaban J connectivity index is 2.55. The summed E-state index contributed by atoms with van der Waals surface area (Å²) >= 11 is 3.51. The maximum atomic E-state index is 4.78. The summed E-state index contributed by atoms with van der Waals surface area (Å²) in [6.07, 6.45) is 3.80. The van der Waals surface area contributed by atoms with Crippen molar-refractivity contribution in [3.63, 3.8) is 0 Å². The maximum absolute atomic E-state index is 4.78. The summed E-state index contributed by atoms with van der Waals surface area (Å²) in [6.45, 7) is 7.31. The molecule has 1 N–H and O–H groups in total. The van der Waals surface area contributed by atoms with Crippen molar-refractivity contribution >= 4 is 21.7 Å². The molecule has 0 saturated heterocycles. The van der Waals surface area contributed by atoms with E-state index in [0.29, 0.717) is 0 Å². The van der Waals surface area contributed by atoms with Gasteiger partial charge in [0.1, 0.15) is 11.6 Å². The molecule has 0 amide bonds. The normalized spacial score (nSPS) is 11.4. The number of rotatable bonds is 6. The zero-order valence-electron chi connectivity index (χ0n) is 12.9. The van der Waals surface area contributed by atoms with Gasteiger partial charge >= 0.3 is 0 Å². The van der Waals surface area contributed by atoms with Crippen LogP contribution in [0.15, 0.2) is 41.0 Å². The lowest BCUT2D eigenvalue weighted by Gasteiger charge is -2.31. The number of nitrogens with zero attached hydrogens (tertiary/aromatic N) is 2. The summed E-state index contributed by atoms with van der Waals surface area (Å²) in [6, 6.07) is 10.6. The first-order chi connectivity index (χ1) is 10.2. The van der Waals surface area contributed by atoms with Crippen molar-refractivity contribution in [1.29, 1.82) is 0 Å². The fourth-order valence-electron chi connectivity index (χ4n) is 2.75. The van der Waals surface area contributed by atoms with E-state index in [1.165, 1.54) is 5.56 Å². The number of aromatic nitrogens is 2. The van der Waals surface area contributed by atoms with Gasteiger partial charge in [-0.15, -0.1) is 0 Å². The fourth-order valence-corrected chi connectivity index (χ4v) is 3.08. The van der Waals surface area contributed by atoms with Gasteiger partial charge in [-0.2, -0.15) is 0 Å². The van der Waals surface area contributed by atoms with E-state index in [-0.39, 0.29) is 5.41 Å². The molecule has 0 unspecified atom stereocenters. The Morgan fingerprint density at radius 1 is 1.10 bits per heavy atom. The van der Waals surface area contributed by atoms with Gasteiger partial charge in [-0.25, -0.2) is 9.97 Å². The summed E-state index contributed by atoms with van der Waals surface area (Å²) in [5.41, 5.74) is 1.14. The molecule has 112 valence electrons. The van der Waals surface area contributed by atoms with Crippen LogP contribution in [0.3, 0.4) is 0 Å². The highest BCUT2D eigenvalue weighted by atomic mass is 79.9. The van der Waals surface area contributed by atoms with Crippen LogP contribution >= 0.6 is 15.9 Å². The van der Waals surface area contributed by atoms with Gasteiger partial charge in [-0.05, 0) is 41.3 Å². The molecule has 2 rings (SSSR count). The minimum absolute atomic E-state index is 0.133. The molecule has 0 saturated carbocycles. The van der Waals surface area contributed by atoms with Gasteiger partial charge in [0, 0.05) is 12.7 Å². The number of nitrogens with one attached hydrogen (secondary N) is 1. The Morgan fingerprint density at radius 3 is 2.33 bits per heavy atom. The molecule has 1 aromatic heterocycles. The Kier molecular flexibility index (Phi) is 5.34. The van der Waals surface area contributed by atoms with E-state index in [0.717, 1.165) is 35.5 Å². The predicted octanol–water partition coefficient (Wildman–Crippen LogP) is 4.78. The van der Waals surface area contributed by atoms with Crippen molar-refractivity contribution in [3.8, 4) is 0 Å². The third-order valence-corrected chi connectivity index (χ3v) is 4.63. The van der Waals surface area contributed by atoms with Crippen LogP contribution in [0.2, 0.25) is 0 Å². The van der Waals surface area contributed by atoms with Crippen LogP contribution in [-0.4, -0.2) is 16.5 Å². The Bertz CT molecular complexity index is 580. The molecule has 0 spiro atoms. The lowest BCUT2D eigenvalue weighted by Crippen LogP contribution is -2.29. The van der Waals surface area contributed by atoms with E-state index in [9.17, 15) is 0 Å². The molecule has 1 aromatic carbocycles. The average Bonchev–Trinajstić information content (AvgIpc) is 2.53. The molecule has 2 aromatic rings. The summed E-state index contributed by atoms with van der Waals surface area (Å²) in [5.74, 6) is 1.75. The molecule has 0 aliphatic carbocycles. The third-order valence-electron chi connectivity index (χ3n) is 4.05. The van der Waals surface area contributed by atoms with Gasteiger partial charge in [0.25, 0.3) is 0 Å². The molecule has 0 bridgehead atoms. The molecule has 4 heteroatoms. The van der Waals surface area contributed by atoms with E-state index < -0.39 is 0 Å². The molecular weight excluding hydrogens is 326 g/mol. The van der Waals surface area contributed by atoms with Gasteiger partial charge in [0.05, 0.1) is 9.89 Å². The number of halogens is 1. The highest BCUT2D eigenvalue weighted by Crippen LogP contribution is 2.37. The quantitative estimate of drug-likeness (QED) is 0.817. The van der Waals surface area contributed by atoms with Gasteiger partial charge in [-0.3, -0.25) is 0 Å². The van der Waals surface area contributed by atoms with E-state index in [1.807, 2.05) is 12.3 Å². The van der Waals surface area contributed by atoms with E-state index in [4.69, 9.17) is 4.98 Å². The topological polar surface area (TPSA) is 37.8 Å². The van der Waals surface area contributed by atoms with E-state index in [1.54, 1.807) is 0 Å². The molecule has 3 nitrogen and oxygen atoms in total. The van der Waals surface area contributed by atoms with E-state index >= 15 is 0 Å². The van der Waals surface area contributed by atoms with Crippen LogP contribution in [0.4, 0.5) is 5.82 Å². The van der Waals surface area contributed by atoms with Crippen molar-refractivity contribution in [1.82, 2.24) is 9.97 Å². The third kappa shape index (κ3) is 3.10. The maximum Gasteiger partial charge on any atom is 0.144 e. The molecular formula is C17H22BrN3.